The van der Waals surface area contributed by atoms with Crippen molar-refractivity contribution in [3.05, 3.63) is 0 Å². The maximum Gasteiger partial charge on any atom is 1.00 e. The zero-order valence-electron chi connectivity index (χ0n) is 5.04. The van der Waals surface area contributed by atoms with Crippen LogP contribution in [0, 0.1) is 0 Å². The Kier molecular flexibility index (Phi) is 20.0. The first-order valence-corrected chi connectivity index (χ1v) is 3.67. The van der Waals surface area contributed by atoms with Crippen LogP contribution in [-0.2, 0) is 13.4 Å². The second-order valence-corrected chi connectivity index (χ2v) is 2.42. The maximum absolute atomic E-state index is 9.29. The summed E-state index contributed by atoms with van der Waals surface area (Å²) in [5, 5.41) is 0. The van der Waals surface area contributed by atoms with E-state index in [0.29, 0.717) is 0 Å². The zero-order valence-corrected chi connectivity index (χ0v) is 11.0. The van der Waals surface area contributed by atoms with Gasteiger partial charge in [-0.3, -0.25) is 4.31 Å². The van der Waals surface area contributed by atoms with Crippen molar-refractivity contribution in [1.82, 2.24) is 0 Å². The Morgan fingerprint density at radius 1 is 1.00 bits per heavy atom. The Balaban J connectivity index is -0.000000180. The molecule has 0 N–H and O–H groups in total. The van der Waals surface area contributed by atoms with Crippen LogP contribution in [0.25, 0.3) is 0 Å². The summed E-state index contributed by atoms with van der Waals surface area (Å²) in [6, 6.07) is 0. The molecule has 0 aliphatic heterocycles. The van der Waals surface area contributed by atoms with Crippen LogP contribution < -0.4 is 68.9 Å². The molecule has 0 heterocycles. The molecule has 0 bridgehead atoms. The van der Waals surface area contributed by atoms with E-state index < -0.39 is 16.5 Å². The third-order valence-electron chi connectivity index (χ3n) is 0.167. The smallest absolute Gasteiger partial charge is 0.781 e. The molecule has 44 valence electrons. The summed E-state index contributed by atoms with van der Waals surface area (Å²) in [6.45, 7) is 0. The first-order valence-electron chi connectivity index (χ1n) is 1.22. The van der Waals surface area contributed by atoms with Gasteiger partial charge in [0.1, 0.15) is 16.5 Å². The van der Waals surface area contributed by atoms with Crippen LogP contribution in [0.4, 0.5) is 0 Å². The SMILES string of the molecule is O=[PH]([O-])O[PH](=O)[O-].[Na+].[Na+]. The van der Waals surface area contributed by atoms with Gasteiger partial charge in [-0.2, -0.15) is 0 Å². The average molecular weight is 190 g/mol. The Morgan fingerprint density at radius 2 is 1.22 bits per heavy atom. The van der Waals surface area contributed by atoms with Crippen molar-refractivity contribution in [2.45, 2.75) is 0 Å². The number of hydrogen-bond donors (Lipinski definition) is 0. The fourth-order valence-electron chi connectivity index (χ4n) is 0.0680. The van der Waals surface area contributed by atoms with E-state index in [1.54, 1.807) is 0 Å². The Morgan fingerprint density at radius 3 is 1.22 bits per heavy atom. The fraction of sp³-hybridized carbons (Fsp3) is 0. The normalized spacial score (nSPS) is 14.4. The molecule has 0 aliphatic carbocycles. The van der Waals surface area contributed by atoms with Crippen molar-refractivity contribution in [2.24, 2.45) is 0 Å². The van der Waals surface area contributed by atoms with Gasteiger partial charge in [-0.05, 0) is 0 Å². The molecule has 2 atom stereocenters. The summed E-state index contributed by atoms with van der Waals surface area (Å²) in [5.41, 5.74) is 0. The second kappa shape index (κ2) is 10.3. The molecule has 0 saturated heterocycles. The van der Waals surface area contributed by atoms with E-state index in [4.69, 9.17) is 0 Å². The van der Waals surface area contributed by atoms with Crippen LogP contribution >= 0.6 is 16.5 Å². The first kappa shape index (κ1) is 17.4. The van der Waals surface area contributed by atoms with E-state index in [1.165, 1.54) is 0 Å². The summed E-state index contributed by atoms with van der Waals surface area (Å²) in [4.78, 5) is 18.6. The van der Waals surface area contributed by atoms with Crippen molar-refractivity contribution in [2.75, 3.05) is 0 Å². The molecule has 0 spiro atoms. The molecule has 0 aromatic heterocycles. The van der Waals surface area contributed by atoms with Crippen LogP contribution in [0.15, 0.2) is 0 Å². The minimum absolute atomic E-state index is 0. The molecule has 0 radical (unpaired) electrons. The van der Waals surface area contributed by atoms with Gasteiger partial charge in [-0.25, -0.2) is 0 Å². The predicted octanol–water partition coefficient (Wildman–Crippen LogP) is -7.49. The van der Waals surface area contributed by atoms with Gasteiger partial charge in [0.15, 0.2) is 0 Å². The van der Waals surface area contributed by atoms with E-state index in [9.17, 15) is 18.9 Å². The van der Waals surface area contributed by atoms with Gasteiger partial charge in [0, 0.05) is 0 Å². The first-order chi connectivity index (χ1) is 3.13. The molecule has 0 rings (SSSR count). The van der Waals surface area contributed by atoms with Gasteiger partial charge in [0.2, 0.25) is 0 Å². The molecule has 9 heavy (non-hydrogen) atoms. The molecule has 0 aromatic carbocycles. The van der Waals surface area contributed by atoms with E-state index in [0.717, 1.165) is 0 Å². The summed E-state index contributed by atoms with van der Waals surface area (Å²) < 4.78 is 21.8. The van der Waals surface area contributed by atoms with Gasteiger partial charge in [0.05, 0.1) is 0 Å². The topological polar surface area (TPSA) is 89.5 Å². The van der Waals surface area contributed by atoms with Crippen LogP contribution in [0.5, 0.6) is 0 Å². The van der Waals surface area contributed by atoms with Crippen LogP contribution in [0.3, 0.4) is 0 Å². The van der Waals surface area contributed by atoms with Crippen molar-refractivity contribution in [3.8, 4) is 0 Å². The summed E-state index contributed by atoms with van der Waals surface area (Å²) >= 11 is 0. The zero-order chi connectivity index (χ0) is 5.86. The standard InChI is InChI=1S/2Na.H4O5P2/c;;1-6(2)5-7(3)4/h;;6-7H,(H,1,2)(H,3,4)/q2*+1;/p-2. The van der Waals surface area contributed by atoms with Crippen LogP contribution in [0.1, 0.15) is 0 Å². The van der Waals surface area contributed by atoms with Gasteiger partial charge in [0.25, 0.3) is 0 Å². The van der Waals surface area contributed by atoms with Crippen molar-refractivity contribution in [3.63, 3.8) is 0 Å². The molecule has 5 nitrogen and oxygen atoms in total. The van der Waals surface area contributed by atoms with Crippen molar-refractivity contribution < 1.29 is 82.3 Å². The summed E-state index contributed by atoms with van der Waals surface area (Å²) in [6.07, 6.45) is 0. The molecular weight excluding hydrogens is 188 g/mol. The van der Waals surface area contributed by atoms with Crippen molar-refractivity contribution in [1.29, 1.82) is 0 Å². The Hall–Kier alpha value is 2.34. The molecule has 2 unspecified atom stereocenters. The van der Waals surface area contributed by atoms with Gasteiger partial charge in [-0.1, -0.05) is 0 Å². The van der Waals surface area contributed by atoms with Crippen molar-refractivity contribution >= 4 is 16.5 Å². The minimum atomic E-state index is -3.51. The monoisotopic (exact) mass is 190 g/mol. The van der Waals surface area contributed by atoms with Crippen LogP contribution in [-0.4, -0.2) is 0 Å². The predicted molar refractivity (Wildman–Crippen MR) is 19.1 cm³/mol. The van der Waals surface area contributed by atoms with Gasteiger partial charge in [-0.15, -0.1) is 0 Å². The van der Waals surface area contributed by atoms with Gasteiger partial charge < -0.3 is 18.9 Å². The average Bonchev–Trinajstić information content (AvgIpc) is 1.27. The Labute approximate surface area is 97.7 Å². The third-order valence-corrected chi connectivity index (χ3v) is 1.50. The maximum atomic E-state index is 9.29. The number of hydrogen-bond acceptors (Lipinski definition) is 5. The van der Waals surface area contributed by atoms with Gasteiger partial charge >= 0.3 is 59.1 Å². The minimum Gasteiger partial charge on any atom is -0.781 e. The van der Waals surface area contributed by atoms with E-state index in [1.807, 2.05) is 0 Å². The van der Waals surface area contributed by atoms with E-state index in [2.05, 4.69) is 4.31 Å². The number of rotatable bonds is 2. The second-order valence-electron chi connectivity index (χ2n) is 0.602. The molecule has 0 fully saturated rings. The molecule has 0 saturated carbocycles. The molecule has 9 heteroatoms. The fourth-order valence-corrected chi connectivity index (χ4v) is 0.612. The van der Waals surface area contributed by atoms with E-state index in [-0.39, 0.29) is 59.1 Å². The quantitative estimate of drug-likeness (QED) is 0.318. The summed E-state index contributed by atoms with van der Waals surface area (Å²) in [7, 11) is -7.03. The van der Waals surface area contributed by atoms with Crippen LogP contribution in [0.2, 0.25) is 0 Å². The van der Waals surface area contributed by atoms with E-state index >= 15 is 0 Å². The molecular formula is H2Na2O5P2. The largest absolute Gasteiger partial charge is 1.00 e. The summed E-state index contributed by atoms with van der Waals surface area (Å²) in [5.74, 6) is 0. The third kappa shape index (κ3) is 17.9. The molecule has 0 aliphatic rings. The molecule has 0 aromatic rings. The molecule has 0 amide bonds. The Bertz CT molecular complexity index is 89.1.